The van der Waals surface area contributed by atoms with Crippen LogP contribution in [0.2, 0.25) is 5.02 Å². The minimum atomic E-state index is -0.258. The molecular weight excluding hydrogens is 214 g/mol. The summed E-state index contributed by atoms with van der Waals surface area (Å²) in [4.78, 5) is 20.0. The number of aromatic amines is 1. The lowest BCUT2D eigenvalue weighted by Crippen LogP contribution is -2.27. The summed E-state index contributed by atoms with van der Waals surface area (Å²) in [5.74, 6) is 0.627. The molecule has 0 saturated carbocycles. The van der Waals surface area contributed by atoms with Crippen molar-refractivity contribution < 1.29 is 0 Å². The molecule has 1 fully saturated rings. The smallest absolute Gasteiger partial charge is 0.271 e. The molecule has 1 aromatic heterocycles. The largest absolute Gasteiger partial charge is 0.355 e. The highest BCUT2D eigenvalue weighted by atomic mass is 35.5. The number of H-pyrrole nitrogens is 1. The Balaban J connectivity index is 2.27. The third-order valence-electron chi connectivity index (χ3n) is 2.68. The zero-order chi connectivity index (χ0) is 10.7. The Morgan fingerprint density at radius 2 is 1.93 bits per heavy atom. The maximum absolute atomic E-state index is 11.3. The van der Waals surface area contributed by atoms with Gasteiger partial charge in [-0.15, -0.1) is 0 Å². The number of halogens is 1. The number of anilines is 1. The van der Waals surface area contributed by atoms with Gasteiger partial charge in [-0.2, -0.15) is 0 Å². The summed E-state index contributed by atoms with van der Waals surface area (Å²) in [6.07, 6.45) is 6.19. The Bertz CT molecular complexity index is 382. The van der Waals surface area contributed by atoms with Gasteiger partial charge in [0.1, 0.15) is 5.02 Å². The lowest BCUT2D eigenvalue weighted by Gasteiger charge is -2.21. The predicted molar refractivity (Wildman–Crippen MR) is 60.5 cm³/mol. The SMILES string of the molecule is O=c1[nH]cnc(N2CCCCCC2)c1Cl. The quantitative estimate of drug-likeness (QED) is 0.796. The van der Waals surface area contributed by atoms with Gasteiger partial charge in [0.15, 0.2) is 5.82 Å². The Morgan fingerprint density at radius 1 is 1.27 bits per heavy atom. The van der Waals surface area contributed by atoms with E-state index in [-0.39, 0.29) is 10.6 Å². The number of nitrogens with zero attached hydrogens (tertiary/aromatic N) is 2. The molecule has 1 aliphatic rings. The van der Waals surface area contributed by atoms with Gasteiger partial charge in [-0.05, 0) is 12.8 Å². The van der Waals surface area contributed by atoms with Crippen molar-refractivity contribution in [1.82, 2.24) is 9.97 Å². The van der Waals surface area contributed by atoms with E-state index in [0.717, 1.165) is 25.9 Å². The van der Waals surface area contributed by atoms with E-state index in [1.165, 1.54) is 19.2 Å². The Morgan fingerprint density at radius 3 is 2.60 bits per heavy atom. The first kappa shape index (κ1) is 10.5. The van der Waals surface area contributed by atoms with Gasteiger partial charge in [0.05, 0.1) is 6.33 Å². The fourth-order valence-corrected chi connectivity index (χ4v) is 2.10. The van der Waals surface area contributed by atoms with E-state index in [2.05, 4.69) is 14.9 Å². The zero-order valence-corrected chi connectivity index (χ0v) is 9.26. The van der Waals surface area contributed by atoms with Crippen LogP contribution < -0.4 is 10.5 Å². The summed E-state index contributed by atoms with van der Waals surface area (Å²) in [6.45, 7) is 1.88. The number of hydrogen-bond donors (Lipinski definition) is 1. The highest BCUT2D eigenvalue weighted by molar-refractivity contribution is 6.32. The molecule has 1 N–H and O–H groups in total. The van der Waals surface area contributed by atoms with Gasteiger partial charge in [0.2, 0.25) is 0 Å². The molecule has 82 valence electrons. The first-order valence-corrected chi connectivity index (χ1v) is 5.65. The average Bonchev–Trinajstić information content (AvgIpc) is 2.50. The number of nitrogens with one attached hydrogen (secondary N) is 1. The van der Waals surface area contributed by atoms with Crippen molar-refractivity contribution in [1.29, 1.82) is 0 Å². The van der Waals surface area contributed by atoms with Crippen LogP contribution in [-0.2, 0) is 0 Å². The van der Waals surface area contributed by atoms with Crippen molar-refractivity contribution in [2.75, 3.05) is 18.0 Å². The molecule has 0 amide bonds. The highest BCUT2D eigenvalue weighted by Crippen LogP contribution is 2.21. The molecule has 0 aromatic carbocycles. The standard InChI is InChI=1S/C10H14ClN3O/c11-8-9(12-7-13-10(8)15)14-5-3-1-2-4-6-14/h7H,1-6H2,(H,12,13,15). The summed E-state index contributed by atoms with van der Waals surface area (Å²) in [5.41, 5.74) is -0.258. The van der Waals surface area contributed by atoms with E-state index in [0.29, 0.717) is 5.82 Å². The molecule has 2 heterocycles. The van der Waals surface area contributed by atoms with Crippen molar-refractivity contribution >= 4 is 17.4 Å². The molecule has 4 nitrogen and oxygen atoms in total. The van der Waals surface area contributed by atoms with Crippen LogP contribution >= 0.6 is 11.6 Å². The summed E-state index contributed by atoms with van der Waals surface area (Å²) >= 11 is 5.93. The monoisotopic (exact) mass is 227 g/mol. The van der Waals surface area contributed by atoms with Crippen LogP contribution in [0.1, 0.15) is 25.7 Å². The summed E-state index contributed by atoms with van der Waals surface area (Å²) in [6, 6.07) is 0. The topological polar surface area (TPSA) is 49.0 Å². The maximum atomic E-state index is 11.3. The van der Waals surface area contributed by atoms with Gasteiger partial charge in [0.25, 0.3) is 5.56 Å². The third-order valence-corrected chi connectivity index (χ3v) is 3.02. The van der Waals surface area contributed by atoms with Gasteiger partial charge in [-0.3, -0.25) is 4.79 Å². The zero-order valence-electron chi connectivity index (χ0n) is 8.50. The predicted octanol–water partition coefficient (Wildman–Crippen LogP) is 1.80. The van der Waals surface area contributed by atoms with Crippen LogP contribution in [0.5, 0.6) is 0 Å². The fraction of sp³-hybridized carbons (Fsp3) is 0.600. The lowest BCUT2D eigenvalue weighted by atomic mass is 10.2. The van der Waals surface area contributed by atoms with Crippen LogP contribution in [0.3, 0.4) is 0 Å². The van der Waals surface area contributed by atoms with Crippen molar-refractivity contribution in [2.45, 2.75) is 25.7 Å². The molecule has 0 unspecified atom stereocenters. The molecule has 0 atom stereocenters. The van der Waals surface area contributed by atoms with Crippen LogP contribution in [0, 0.1) is 0 Å². The van der Waals surface area contributed by atoms with Crippen LogP contribution in [-0.4, -0.2) is 23.1 Å². The molecule has 2 rings (SSSR count). The number of aromatic nitrogens is 2. The summed E-state index contributed by atoms with van der Waals surface area (Å²) < 4.78 is 0. The lowest BCUT2D eigenvalue weighted by molar-refractivity contribution is 0.726. The molecule has 15 heavy (non-hydrogen) atoms. The molecular formula is C10H14ClN3O. The molecule has 1 aromatic rings. The molecule has 1 saturated heterocycles. The van der Waals surface area contributed by atoms with Crippen molar-refractivity contribution in [3.63, 3.8) is 0 Å². The van der Waals surface area contributed by atoms with E-state index in [9.17, 15) is 4.79 Å². The van der Waals surface area contributed by atoms with E-state index in [4.69, 9.17) is 11.6 Å². The van der Waals surface area contributed by atoms with Gasteiger partial charge < -0.3 is 9.88 Å². The van der Waals surface area contributed by atoms with Crippen molar-refractivity contribution in [3.05, 3.63) is 21.7 Å². The average molecular weight is 228 g/mol. The Hall–Kier alpha value is -1.03. The van der Waals surface area contributed by atoms with Crippen LogP contribution in [0.25, 0.3) is 0 Å². The van der Waals surface area contributed by atoms with E-state index < -0.39 is 0 Å². The van der Waals surface area contributed by atoms with Gasteiger partial charge in [-0.1, -0.05) is 24.4 Å². The minimum Gasteiger partial charge on any atom is -0.355 e. The maximum Gasteiger partial charge on any atom is 0.271 e. The summed E-state index contributed by atoms with van der Waals surface area (Å²) in [7, 11) is 0. The van der Waals surface area contributed by atoms with Crippen LogP contribution in [0.15, 0.2) is 11.1 Å². The second-order valence-corrected chi connectivity index (χ2v) is 4.15. The third kappa shape index (κ3) is 2.31. The number of hydrogen-bond acceptors (Lipinski definition) is 3. The molecule has 0 radical (unpaired) electrons. The summed E-state index contributed by atoms with van der Waals surface area (Å²) in [5, 5.41) is 0.208. The van der Waals surface area contributed by atoms with E-state index >= 15 is 0 Å². The highest BCUT2D eigenvalue weighted by Gasteiger charge is 2.15. The first-order valence-electron chi connectivity index (χ1n) is 5.27. The second-order valence-electron chi connectivity index (χ2n) is 3.77. The van der Waals surface area contributed by atoms with Crippen LogP contribution in [0.4, 0.5) is 5.82 Å². The van der Waals surface area contributed by atoms with Gasteiger partial charge >= 0.3 is 0 Å². The minimum absolute atomic E-state index is 0.208. The molecule has 5 heteroatoms. The molecule has 0 spiro atoms. The fourth-order valence-electron chi connectivity index (χ4n) is 1.88. The Labute approximate surface area is 93.3 Å². The van der Waals surface area contributed by atoms with Gasteiger partial charge in [0, 0.05) is 13.1 Å². The van der Waals surface area contributed by atoms with Gasteiger partial charge in [-0.25, -0.2) is 4.98 Å². The second kappa shape index (κ2) is 4.66. The molecule has 0 aliphatic carbocycles. The van der Waals surface area contributed by atoms with E-state index in [1.54, 1.807) is 0 Å². The normalized spacial score (nSPS) is 17.5. The van der Waals surface area contributed by atoms with E-state index in [1.807, 2.05) is 0 Å². The number of rotatable bonds is 1. The first-order chi connectivity index (χ1) is 7.29. The van der Waals surface area contributed by atoms with Crippen molar-refractivity contribution in [3.8, 4) is 0 Å². The Kier molecular flexibility index (Phi) is 3.26. The molecule has 0 bridgehead atoms. The molecule has 1 aliphatic heterocycles. The van der Waals surface area contributed by atoms with Crippen molar-refractivity contribution in [2.24, 2.45) is 0 Å².